The number of aromatic nitrogens is 1. The molecule has 0 saturated heterocycles. The number of nitrogens with two attached hydrogens (primary N) is 2. The van der Waals surface area contributed by atoms with E-state index in [4.69, 9.17) is 11.5 Å². The number of pyridine rings is 1. The third kappa shape index (κ3) is 3.59. The van der Waals surface area contributed by atoms with Gasteiger partial charge in [0.2, 0.25) is 0 Å². The summed E-state index contributed by atoms with van der Waals surface area (Å²) < 4.78 is 13.8. The number of primary amides is 1. The van der Waals surface area contributed by atoms with Gasteiger partial charge < -0.3 is 11.5 Å². The molecule has 4 N–H and O–H groups in total. The molecule has 5 nitrogen and oxygen atoms in total. The van der Waals surface area contributed by atoms with Crippen molar-refractivity contribution in [2.24, 2.45) is 5.73 Å². The number of Topliss-reactive ketones (excluding diaryl/α,β-unsaturated/α-hetero) is 1. The molecule has 6 heteroatoms. The maximum Gasteiger partial charge on any atom is 0.250 e. The van der Waals surface area contributed by atoms with E-state index < -0.39 is 5.91 Å². The fraction of sp³-hybridized carbons (Fsp3) is 0.0500. The Morgan fingerprint density at radius 1 is 1.04 bits per heavy atom. The standard InChI is InChI=1S/C20H16FN3O2/c21-16-4-2-1-3-14(16)18-8-5-12(11-24-18)9-19(25)13-6-7-15(20(23)26)17(22)10-13/h1-8,10-11H,9,22H2,(H2,23,26). The molecule has 0 bridgehead atoms. The highest BCUT2D eigenvalue weighted by Crippen LogP contribution is 2.21. The Hall–Kier alpha value is -3.54. The third-order valence-electron chi connectivity index (χ3n) is 3.98. The number of carbonyl (C=O) groups is 2. The van der Waals surface area contributed by atoms with Crippen LogP contribution < -0.4 is 11.5 Å². The fourth-order valence-corrected chi connectivity index (χ4v) is 2.61. The van der Waals surface area contributed by atoms with Crippen LogP contribution in [0.2, 0.25) is 0 Å². The SMILES string of the molecule is NC(=O)c1ccc(C(=O)Cc2ccc(-c3ccccc3F)nc2)cc1N. The highest BCUT2D eigenvalue weighted by Gasteiger charge is 2.12. The maximum atomic E-state index is 13.8. The molecule has 0 atom stereocenters. The summed E-state index contributed by atoms with van der Waals surface area (Å²) in [6.07, 6.45) is 1.65. The molecule has 0 spiro atoms. The number of hydrogen-bond donors (Lipinski definition) is 2. The second-order valence-electron chi connectivity index (χ2n) is 5.80. The Balaban J connectivity index is 1.77. The van der Waals surface area contributed by atoms with E-state index in [1.807, 2.05) is 0 Å². The minimum atomic E-state index is -0.644. The Morgan fingerprint density at radius 2 is 1.81 bits per heavy atom. The van der Waals surface area contributed by atoms with Crippen LogP contribution in [-0.2, 0) is 6.42 Å². The lowest BCUT2D eigenvalue weighted by Gasteiger charge is -2.07. The second kappa shape index (κ2) is 7.14. The van der Waals surface area contributed by atoms with Crippen LogP contribution in [0.15, 0.2) is 60.8 Å². The molecule has 0 aliphatic carbocycles. The van der Waals surface area contributed by atoms with Gasteiger partial charge in [-0.25, -0.2) is 4.39 Å². The third-order valence-corrected chi connectivity index (χ3v) is 3.98. The molecule has 26 heavy (non-hydrogen) atoms. The lowest BCUT2D eigenvalue weighted by atomic mass is 10.0. The van der Waals surface area contributed by atoms with E-state index in [2.05, 4.69) is 4.98 Å². The number of nitrogens with zero attached hydrogens (tertiary/aromatic N) is 1. The van der Waals surface area contributed by atoms with E-state index >= 15 is 0 Å². The van der Waals surface area contributed by atoms with Crippen molar-refractivity contribution in [3.8, 4) is 11.3 Å². The van der Waals surface area contributed by atoms with Gasteiger partial charge in [-0.2, -0.15) is 0 Å². The Bertz CT molecular complexity index is 985. The lowest BCUT2D eigenvalue weighted by molar-refractivity contribution is 0.0984. The van der Waals surface area contributed by atoms with E-state index in [-0.39, 0.29) is 29.3 Å². The molecule has 0 aliphatic heterocycles. The van der Waals surface area contributed by atoms with Gasteiger partial charge in [-0.15, -0.1) is 0 Å². The number of ketones is 1. The van der Waals surface area contributed by atoms with E-state index in [1.165, 1.54) is 24.3 Å². The number of hydrogen-bond acceptors (Lipinski definition) is 4. The predicted molar refractivity (Wildman–Crippen MR) is 97.0 cm³/mol. The van der Waals surface area contributed by atoms with Crippen LogP contribution in [0.5, 0.6) is 0 Å². The van der Waals surface area contributed by atoms with Crippen molar-refractivity contribution in [3.63, 3.8) is 0 Å². The molecule has 3 rings (SSSR count). The van der Waals surface area contributed by atoms with Crippen LogP contribution in [0.3, 0.4) is 0 Å². The molecule has 2 aromatic carbocycles. The first kappa shape index (κ1) is 17.3. The van der Waals surface area contributed by atoms with Gasteiger partial charge in [0.1, 0.15) is 5.82 Å². The first-order valence-electron chi connectivity index (χ1n) is 7.88. The average Bonchev–Trinajstić information content (AvgIpc) is 2.62. The van der Waals surface area contributed by atoms with Gasteiger partial charge >= 0.3 is 0 Å². The Labute approximate surface area is 149 Å². The van der Waals surface area contributed by atoms with E-state index in [0.29, 0.717) is 22.4 Å². The van der Waals surface area contributed by atoms with Crippen LogP contribution >= 0.6 is 0 Å². The summed E-state index contributed by atoms with van der Waals surface area (Å²) >= 11 is 0. The lowest BCUT2D eigenvalue weighted by Crippen LogP contribution is -2.14. The molecule has 1 heterocycles. The predicted octanol–water partition coefficient (Wildman–Crippen LogP) is 2.99. The zero-order valence-corrected chi connectivity index (χ0v) is 13.8. The van der Waals surface area contributed by atoms with Crippen LogP contribution in [-0.4, -0.2) is 16.7 Å². The summed E-state index contributed by atoms with van der Waals surface area (Å²) in [4.78, 5) is 27.8. The number of anilines is 1. The summed E-state index contributed by atoms with van der Waals surface area (Å²) in [5.74, 6) is -1.17. The summed E-state index contributed by atoms with van der Waals surface area (Å²) in [5.41, 5.74) is 13.3. The number of halogens is 1. The quantitative estimate of drug-likeness (QED) is 0.546. The molecule has 1 amide bonds. The van der Waals surface area contributed by atoms with Gasteiger partial charge in [0.05, 0.1) is 11.3 Å². The van der Waals surface area contributed by atoms with Crippen LogP contribution in [0, 0.1) is 5.82 Å². The molecule has 130 valence electrons. The molecule has 0 aliphatic rings. The van der Waals surface area contributed by atoms with Gasteiger partial charge in [0.25, 0.3) is 5.91 Å². The summed E-state index contributed by atoms with van der Waals surface area (Å²) in [6.45, 7) is 0. The highest BCUT2D eigenvalue weighted by molar-refractivity contribution is 6.02. The molecule has 0 saturated carbocycles. The minimum absolute atomic E-state index is 0.111. The van der Waals surface area contributed by atoms with Gasteiger partial charge in [-0.3, -0.25) is 14.6 Å². The van der Waals surface area contributed by atoms with E-state index in [1.54, 1.807) is 36.5 Å². The molecule has 3 aromatic rings. The first-order valence-corrected chi connectivity index (χ1v) is 7.88. The number of nitrogen functional groups attached to an aromatic ring is 1. The van der Waals surface area contributed by atoms with Crippen LogP contribution in [0.4, 0.5) is 10.1 Å². The van der Waals surface area contributed by atoms with Gasteiger partial charge in [0.15, 0.2) is 5.78 Å². The minimum Gasteiger partial charge on any atom is -0.398 e. The normalized spacial score (nSPS) is 10.5. The number of benzene rings is 2. The number of rotatable bonds is 5. The first-order chi connectivity index (χ1) is 12.5. The molecule has 0 fully saturated rings. The highest BCUT2D eigenvalue weighted by atomic mass is 19.1. The zero-order valence-electron chi connectivity index (χ0n) is 13.8. The van der Waals surface area contributed by atoms with Crippen molar-refractivity contribution in [2.75, 3.05) is 5.73 Å². The van der Waals surface area contributed by atoms with E-state index in [0.717, 1.165) is 0 Å². The largest absolute Gasteiger partial charge is 0.398 e. The second-order valence-corrected chi connectivity index (χ2v) is 5.80. The van der Waals surface area contributed by atoms with Crippen molar-refractivity contribution in [1.82, 2.24) is 4.98 Å². The summed E-state index contributed by atoms with van der Waals surface area (Å²) in [7, 11) is 0. The molecular weight excluding hydrogens is 333 g/mol. The molecule has 0 unspecified atom stereocenters. The maximum absolute atomic E-state index is 13.8. The van der Waals surface area contributed by atoms with Crippen molar-refractivity contribution >= 4 is 17.4 Å². The van der Waals surface area contributed by atoms with Crippen LogP contribution in [0.25, 0.3) is 11.3 Å². The van der Waals surface area contributed by atoms with Gasteiger partial charge in [-0.05, 0) is 35.9 Å². The topological polar surface area (TPSA) is 99.1 Å². The van der Waals surface area contributed by atoms with Gasteiger partial charge in [-0.1, -0.05) is 24.3 Å². The fourth-order valence-electron chi connectivity index (χ4n) is 2.61. The smallest absolute Gasteiger partial charge is 0.250 e. The van der Waals surface area contributed by atoms with Crippen molar-refractivity contribution in [3.05, 3.63) is 83.3 Å². The van der Waals surface area contributed by atoms with Crippen LogP contribution in [0.1, 0.15) is 26.3 Å². The summed E-state index contributed by atoms with van der Waals surface area (Å²) in [6, 6.07) is 14.1. The van der Waals surface area contributed by atoms with Crippen molar-refractivity contribution in [2.45, 2.75) is 6.42 Å². The molecule has 1 aromatic heterocycles. The Morgan fingerprint density at radius 3 is 2.42 bits per heavy atom. The van der Waals surface area contributed by atoms with Gasteiger partial charge in [0, 0.05) is 29.4 Å². The van der Waals surface area contributed by atoms with Crippen molar-refractivity contribution < 1.29 is 14.0 Å². The Kier molecular flexibility index (Phi) is 4.75. The zero-order chi connectivity index (χ0) is 18.7. The molecule has 0 radical (unpaired) electrons. The van der Waals surface area contributed by atoms with E-state index in [9.17, 15) is 14.0 Å². The average molecular weight is 349 g/mol. The van der Waals surface area contributed by atoms with Crippen molar-refractivity contribution in [1.29, 1.82) is 0 Å². The summed E-state index contributed by atoms with van der Waals surface area (Å²) in [5, 5.41) is 0. The number of amides is 1. The molecular formula is C20H16FN3O2. The monoisotopic (exact) mass is 349 g/mol. The number of carbonyl (C=O) groups excluding carboxylic acids is 2.